The number of halogens is 4. The first-order chi connectivity index (χ1) is 19.2. The van der Waals surface area contributed by atoms with Crippen molar-refractivity contribution < 1.29 is 23.1 Å². The fourth-order valence-electron chi connectivity index (χ4n) is 3.27. The standard InChI is InChI=1S/C12H18N2.C9H16.C6H8N2O2.C2H6.CH3Cl.CHF3/c1-5-10-6-8(2)7-11(12(10)13)9(3)14-4;1-8(2)9-6-4-3-5-7-9;1-2-3-4(7)5(8)6(9)10;2*1-2;2-1(3)4/h6-7,14H,3,5,13H2,1-2,4H3;6,8H,3-5,7H2,1-2H3;2-3,8H,1,7H2,(H,9,10);1-2H3;1H3;1H/b;;4-3+,8-5?;;;. The molecule has 41 heavy (non-hydrogen) atoms. The Kier molecular flexibility index (Phi) is 31.0. The molecule has 0 saturated heterocycles. The Balaban J connectivity index is -0.000000226. The molecule has 0 saturated carbocycles. The van der Waals surface area contributed by atoms with Crippen LogP contribution in [0.15, 0.2) is 54.8 Å². The van der Waals surface area contributed by atoms with Crippen molar-refractivity contribution >= 4 is 34.7 Å². The molecule has 10 heteroatoms. The number of hydrogen-bond acceptors (Lipinski definition) is 5. The fourth-order valence-corrected chi connectivity index (χ4v) is 3.27. The predicted octanol–water partition coefficient (Wildman–Crippen LogP) is 8.65. The zero-order chi connectivity index (χ0) is 33.1. The molecule has 0 amide bonds. The third-order valence-electron chi connectivity index (χ3n) is 5.29. The topological polar surface area (TPSA) is 125 Å². The lowest BCUT2D eigenvalue weighted by Crippen LogP contribution is -2.19. The molecular weight excluding hydrogens is 553 g/mol. The van der Waals surface area contributed by atoms with Gasteiger partial charge in [0.05, 0.1) is 5.70 Å². The molecule has 0 unspecified atom stereocenters. The lowest BCUT2D eigenvalue weighted by molar-refractivity contribution is -0.129. The molecule has 0 heterocycles. The number of aliphatic carboxylic acids is 1. The highest BCUT2D eigenvalue weighted by Gasteiger charge is 2.08. The molecular formula is C31H52ClF3N4O2. The smallest absolute Gasteiger partial charge is 0.379 e. The Labute approximate surface area is 250 Å². The maximum absolute atomic E-state index is 10.0. The Morgan fingerprint density at radius 1 is 1.22 bits per heavy atom. The number of carboxylic acids is 1. The summed E-state index contributed by atoms with van der Waals surface area (Å²) in [5, 5.41) is 18.0. The van der Waals surface area contributed by atoms with Gasteiger partial charge >= 0.3 is 12.6 Å². The minimum Gasteiger partial charge on any atom is -0.476 e. The number of carbonyl (C=O) groups is 1. The van der Waals surface area contributed by atoms with Crippen molar-refractivity contribution in [2.75, 3.05) is 19.2 Å². The van der Waals surface area contributed by atoms with Crippen LogP contribution in [0.1, 0.15) is 77.0 Å². The van der Waals surface area contributed by atoms with Crippen LogP contribution in [0.25, 0.3) is 5.70 Å². The van der Waals surface area contributed by atoms with E-state index in [1.54, 1.807) is 5.57 Å². The number of nitrogens with two attached hydrogens (primary N) is 2. The summed E-state index contributed by atoms with van der Waals surface area (Å²) in [4.78, 5) is 10.0. The minimum atomic E-state index is -3.67. The first-order valence-corrected chi connectivity index (χ1v) is 14.1. The van der Waals surface area contributed by atoms with Crippen molar-refractivity contribution in [1.82, 2.24) is 5.32 Å². The average molecular weight is 605 g/mol. The first-order valence-electron chi connectivity index (χ1n) is 13.4. The molecule has 0 aromatic heterocycles. The SMILES string of the molecule is C=C(NC)c1cc(C)cc(CC)c1N.C=C/C=C(/N)C(=N)C(=O)O.CC.CC(C)C1=CCCCC1.CCl.FC(F)F. The molecule has 0 bridgehead atoms. The van der Waals surface area contributed by atoms with Gasteiger partial charge in [-0.3, -0.25) is 5.41 Å². The number of alkyl halides is 4. The van der Waals surface area contributed by atoms with Gasteiger partial charge < -0.3 is 21.9 Å². The molecule has 1 aromatic rings. The van der Waals surface area contributed by atoms with Crippen LogP contribution in [0.2, 0.25) is 0 Å². The summed E-state index contributed by atoms with van der Waals surface area (Å²) < 4.78 is 29.0. The Morgan fingerprint density at radius 2 is 1.73 bits per heavy atom. The van der Waals surface area contributed by atoms with E-state index in [-0.39, 0.29) is 5.70 Å². The molecule has 2 rings (SSSR count). The van der Waals surface area contributed by atoms with Crippen molar-refractivity contribution in [3.05, 3.63) is 71.5 Å². The Bertz CT molecular complexity index is 960. The van der Waals surface area contributed by atoms with Crippen molar-refractivity contribution in [1.29, 1.82) is 5.41 Å². The van der Waals surface area contributed by atoms with Gasteiger partial charge in [0.25, 0.3) is 0 Å². The van der Waals surface area contributed by atoms with E-state index in [1.165, 1.54) is 55.3 Å². The normalized spacial score (nSPS) is 11.6. The van der Waals surface area contributed by atoms with Gasteiger partial charge in [0.1, 0.15) is 0 Å². The van der Waals surface area contributed by atoms with E-state index < -0.39 is 18.4 Å². The summed E-state index contributed by atoms with van der Waals surface area (Å²) in [6.45, 7) is 16.3. The predicted molar refractivity (Wildman–Crippen MR) is 173 cm³/mol. The monoisotopic (exact) mass is 604 g/mol. The number of carboxylic acid groups (broad SMARTS) is 1. The average Bonchev–Trinajstić information content (AvgIpc) is 2.96. The molecule has 1 aromatic carbocycles. The van der Waals surface area contributed by atoms with Crippen molar-refractivity contribution in [2.45, 2.75) is 80.3 Å². The van der Waals surface area contributed by atoms with Gasteiger partial charge in [0.15, 0.2) is 5.71 Å². The highest BCUT2D eigenvalue weighted by molar-refractivity contribution is 6.40. The maximum atomic E-state index is 10.0. The fraction of sp³-hybridized carbons (Fsp3) is 0.484. The molecule has 0 spiro atoms. The summed E-state index contributed by atoms with van der Waals surface area (Å²) in [5.41, 5.74) is 17.3. The van der Waals surface area contributed by atoms with Gasteiger partial charge in [-0.1, -0.05) is 77.1 Å². The van der Waals surface area contributed by atoms with Crippen LogP contribution in [-0.4, -0.2) is 36.9 Å². The number of anilines is 1. The minimum absolute atomic E-state index is 0.0949. The molecule has 6 nitrogen and oxygen atoms in total. The number of aryl methyl sites for hydroxylation is 2. The Hall–Kier alpha value is -3.20. The summed E-state index contributed by atoms with van der Waals surface area (Å²) in [6, 6.07) is 4.19. The van der Waals surface area contributed by atoms with E-state index in [4.69, 9.17) is 22.0 Å². The van der Waals surface area contributed by atoms with E-state index in [0.29, 0.717) is 0 Å². The lowest BCUT2D eigenvalue weighted by atomic mass is 9.92. The van der Waals surface area contributed by atoms with Crippen LogP contribution in [0.3, 0.4) is 0 Å². The second-order valence-corrected chi connectivity index (χ2v) is 8.43. The number of rotatable bonds is 7. The highest BCUT2D eigenvalue weighted by Crippen LogP contribution is 2.25. The van der Waals surface area contributed by atoms with E-state index in [9.17, 15) is 18.0 Å². The number of hydrogen-bond donors (Lipinski definition) is 5. The van der Waals surface area contributed by atoms with E-state index in [0.717, 1.165) is 29.3 Å². The summed E-state index contributed by atoms with van der Waals surface area (Å²) in [5.74, 6) is -0.541. The van der Waals surface area contributed by atoms with Gasteiger partial charge in [-0.15, -0.1) is 11.6 Å². The molecule has 7 N–H and O–H groups in total. The van der Waals surface area contributed by atoms with Crippen LogP contribution in [0.4, 0.5) is 18.9 Å². The zero-order valence-electron chi connectivity index (χ0n) is 26.0. The van der Waals surface area contributed by atoms with Crippen LogP contribution in [0.5, 0.6) is 0 Å². The van der Waals surface area contributed by atoms with Gasteiger partial charge in [-0.05, 0) is 62.7 Å². The molecule has 0 atom stereocenters. The summed E-state index contributed by atoms with van der Waals surface area (Å²) in [6.07, 6.45) is 13.0. The van der Waals surface area contributed by atoms with Gasteiger partial charge in [-0.25, -0.2) is 4.79 Å². The van der Waals surface area contributed by atoms with Crippen molar-refractivity contribution in [3.8, 4) is 0 Å². The highest BCUT2D eigenvalue weighted by atomic mass is 35.5. The molecule has 0 aliphatic heterocycles. The zero-order valence-corrected chi connectivity index (χ0v) is 26.8. The van der Waals surface area contributed by atoms with Gasteiger partial charge in [0, 0.05) is 30.4 Å². The van der Waals surface area contributed by atoms with E-state index in [2.05, 4.69) is 76.0 Å². The number of allylic oxidation sites excluding steroid dienone is 4. The van der Waals surface area contributed by atoms with Crippen molar-refractivity contribution in [2.24, 2.45) is 11.7 Å². The molecule has 1 aliphatic carbocycles. The van der Waals surface area contributed by atoms with Crippen LogP contribution in [-0.2, 0) is 11.2 Å². The van der Waals surface area contributed by atoms with E-state index >= 15 is 0 Å². The van der Waals surface area contributed by atoms with Crippen LogP contribution < -0.4 is 16.8 Å². The van der Waals surface area contributed by atoms with Crippen molar-refractivity contribution in [3.63, 3.8) is 0 Å². The largest absolute Gasteiger partial charge is 0.476 e. The number of nitrogens with one attached hydrogen (secondary N) is 2. The second-order valence-electron chi connectivity index (χ2n) is 8.43. The quantitative estimate of drug-likeness (QED) is 0.0700. The van der Waals surface area contributed by atoms with Crippen LogP contribution >= 0.6 is 11.6 Å². The summed E-state index contributed by atoms with van der Waals surface area (Å²) in [7, 11) is 1.86. The molecule has 0 fully saturated rings. The van der Waals surface area contributed by atoms with Gasteiger partial charge in [0.2, 0.25) is 0 Å². The molecule has 0 radical (unpaired) electrons. The summed E-state index contributed by atoms with van der Waals surface area (Å²) >= 11 is 4.64. The maximum Gasteiger partial charge on any atom is 0.379 e. The van der Waals surface area contributed by atoms with Gasteiger partial charge in [-0.2, -0.15) is 13.2 Å². The number of benzene rings is 1. The second kappa shape index (κ2) is 28.3. The van der Waals surface area contributed by atoms with E-state index in [1.807, 2.05) is 20.9 Å². The Morgan fingerprint density at radius 3 is 2.05 bits per heavy atom. The molecule has 236 valence electrons. The van der Waals surface area contributed by atoms with Crippen LogP contribution in [0, 0.1) is 18.3 Å². The first kappa shape index (κ1) is 44.8. The third-order valence-corrected chi connectivity index (χ3v) is 5.29. The third kappa shape index (κ3) is 23.2. The number of nitrogen functional groups attached to an aromatic ring is 1. The lowest BCUT2D eigenvalue weighted by Gasteiger charge is -2.15. The molecule has 1 aliphatic rings.